The van der Waals surface area contributed by atoms with Crippen LogP contribution in [0.25, 0.3) is 11.1 Å². The Morgan fingerprint density at radius 3 is 2.83 bits per heavy atom. The fourth-order valence-electron chi connectivity index (χ4n) is 2.33. The zero-order valence-electron chi connectivity index (χ0n) is 13.2. The maximum atomic E-state index is 12.5. The van der Waals surface area contributed by atoms with Gasteiger partial charge in [0.2, 0.25) is 0 Å². The van der Waals surface area contributed by atoms with Gasteiger partial charge in [-0.2, -0.15) is 0 Å². The molecule has 0 spiro atoms. The third-order valence-corrected chi connectivity index (χ3v) is 3.52. The van der Waals surface area contributed by atoms with Crippen molar-refractivity contribution < 1.29 is 14.1 Å². The summed E-state index contributed by atoms with van der Waals surface area (Å²) in [4.78, 5) is 16.6. The summed E-state index contributed by atoms with van der Waals surface area (Å²) < 4.78 is 10.4. The summed E-state index contributed by atoms with van der Waals surface area (Å²) >= 11 is 0. The highest BCUT2D eigenvalue weighted by Gasteiger charge is 2.16. The topological polar surface area (TPSA) is 77.2 Å². The minimum absolute atomic E-state index is 0.186. The minimum Gasteiger partial charge on any atom is -0.495 e. The predicted molar refractivity (Wildman–Crippen MR) is 86.8 cm³/mol. The number of amides is 1. The fourth-order valence-corrected chi connectivity index (χ4v) is 2.33. The van der Waals surface area contributed by atoms with Gasteiger partial charge in [0, 0.05) is 6.20 Å². The molecule has 6 heteroatoms. The molecule has 0 aliphatic carbocycles. The summed E-state index contributed by atoms with van der Waals surface area (Å²) in [5.74, 6) is 0.521. The Morgan fingerprint density at radius 1 is 1.30 bits per heavy atom. The number of methoxy groups -OCH3 is 1. The Bertz CT molecular complexity index is 855. The highest BCUT2D eigenvalue weighted by molar-refractivity contribution is 6.06. The normalized spacial score (nSPS) is 11.0. The molecule has 3 rings (SSSR count). The molecule has 0 aliphatic heterocycles. The zero-order valence-corrected chi connectivity index (χ0v) is 13.2. The summed E-state index contributed by atoms with van der Waals surface area (Å²) in [7, 11) is 1.56. The van der Waals surface area contributed by atoms with Crippen molar-refractivity contribution in [3.8, 4) is 5.75 Å². The number of rotatable bonds is 4. The van der Waals surface area contributed by atoms with Crippen LogP contribution >= 0.6 is 0 Å². The van der Waals surface area contributed by atoms with E-state index in [2.05, 4.69) is 15.5 Å². The van der Waals surface area contributed by atoms with Crippen LogP contribution in [0.4, 0.5) is 5.69 Å². The highest BCUT2D eigenvalue weighted by Crippen LogP contribution is 2.26. The van der Waals surface area contributed by atoms with Crippen molar-refractivity contribution in [1.29, 1.82) is 0 Å². The van der Waals surface area contributed by atoms with Gasteiger partial charge in [0.25, 0.3) is 11.6 Å². The van der Waals surface area contributed by atoms with Crippen molar-refractivity contribution >= 4 is 22.7 Å². The van der Waals surface area contributed by atoms with Crippen LogP contribution in [0.5, 0.6) is 5.75 Å². The van der Waals surface area contributed by atoms with Gasteiger partial charge in [0.1, 0.15) is 5.75 Å². The van der Waals surface area contributed by atoms with Gasteiger partial charge < -0.3 is 14.6 Å². The maximum absolute atomic E-state index is 12.5. The van der Waals surface area contributed by atoms with Gasteiger partial charge in [-0.05, 0) is 24.1 Å². The molecular formula is C17H17N3O3. The van der Waals surface area contributed by atoms with Gasteiger partial charge in [-0.1, -0.05) is 31.1 Å². The summed E-state index contributed by atoms with van der Waals surface area (Å²) in [6.45, 7) is 4.03. The van der Waals surface area contributed by atoms with E-state index in [1.807, 2.05) is 26.0 Å². The number of carbonyl (C=O) groups excluding carboxylic acids is 1. The summed E-state index contributed by atoms with van der Waals surface area (Å²) in [6.07, 6.45) is 1.47. The molecule has 23 heavy (non-hydrogen) atoms. The van der Waals surface area contributed by atoms with E-state index in [0.717, 1.165) is 11.1 Å². The molecule has 0 atom stereocenters. The Labute approximate surface area is 133 Å². The molecule has 0 radical (unpaired) electrons. The molecule has 2 aromatic heterocycles. The van der Waals surface area contributed by atoms with Crippen LogP contribution in [0.1, 0.15) is 35.8 Å². The first kappa shape index (κ1) is 15.0. The number of benzene rings is 1. The molecule has 3 aromatic rings. The molecule has 0 aliphatic rings. The number of hydrogen-bond donors (Lipinski definition) is 1. The third-order valence-electron chi connectivity index (χ3n) is 3.52. The molecule has 118 valence electrons. The molecule has 0 saturated heterocycles. The van der Waals surface area contributed by atoms with Crippen LogP contribution in [0.3, 0.4) is 0 Å². The van der Waals surface area contributed by atoms with Crippen molar-refractivity contribution in [2.75, 3.05) is 12.4 Å². The number of fused-ring (bicyclic) bond motifs is 1. The van der Waals surface area contributed by atoms with Gasteiger partial charge >= 0.3 is 0 Å². The number of carbonyl (C=O) groups is 1. The van der Waals surface area contributed by atoms with E-state index in [4.69, 9.17) is 9.26 Å². The zero-order chi connectivity index (χ0) is 16.4. The quantitative estimate of drug-likeness (QED) is 0.796. The lowest BCUT2D eigenvalue weighted by Crippen LogP contribution is -2.13. The van der Waals surface area contributed by atoms with Crippen molar-refractivity contribution in [3.63, 3.8) is 0 Å². The van der Waals surface area contributed by atoms with Crippen LogP contribution in [0.15, 0.2) is 41.1 Å². The van der Waals surface area contributed by atoms with Gasteiger partial charge in [-0.25, -0.2) is 4.98 Å². The molecule has 0 bridgehead atoms. The van der Waals surface area contributed by atoms with E-state index in [9.17, 15) is 4.79 Å². The molecule has 6 nitrogen and oxygen atoms in total. The molecule has 1 amide bonds. The second kappa shape index (κ2) is 6.08. The van der Waals surface area contributed by atoms with Gasteiger partial charge in [-0.3, -0.25) is 4.79 Å². The van der Waals surface area contributed by atoms with Crippen LogP contribution in [-0.4, -0.2) is 23.2 Å². The van der Waals surface area contributed by atoms with Crippen molar-refractivity contribution in [1.82, 2.24) is 10.1 Å². The SMILES string of the molecule is COc1ccccc1NC(=O)c1cnc2onc(C(C)C)c2c1. The molecule has 0 fully saturated rings. The molecule has 1 N–H and O–H groups in total. The van der Waals surface area contributed by atoms with E-state index in [1.54, 1.807) is 25.3 Å². The standard InChI is InChI=1S/C17H17N3O3/c1-10(2)15-12-8-11(9-18-17(12)23-20-15)16(21)19-13-6-4-5-7-14(13)22-3/h4-10H,1-3H3,(H,19,21). The van der Waals surface area contributed by atoms with Crippen LogP contribution in [0.2, 0.25) is 0 Å². The highest BCUT2D eigenvalue weighted by atomic mass is 16.5. The average Bonchev–Trinajstić information content (AvgIpc) is 2.98. The lowest BCUT2D eigenvalue weighted by atomic mass is 10.1. The monoisotopic (exact) mass is 311 g/mol. The van der Waals surface area contributed by atoms with Gasteiger partial charge in [0.05, 0.1) is 29.4 Å². The largest absolute Gasteiger partial charge is 0.495 e. The van der Waals surface area contributed by atoms with E-state index < -0.39 is 0 Å². The third kappa shape index (κ3) is 2.88. The lowest BCUT2D eigenvalue weighted by Gasteiger charge is -2.09. The van der Waals surface area contributed by atoms with E-state index >= 15 is 0 Å². The Balaban J connectivity index is 1.93. The Kier molecular flexibility index (Phi) is 3.97. The first-order valence-electron chi connectivity index (χ1n) is 7.30. The second-order valence-electron chi connectivity index (χ2n) is 5.45. The molecule has 2 heterocycles. The van der Waals surface area contributed by atoms with E-state index in [-0.39, 0.29) is 11.8 Å². The van der Waals surface area contributed by atoms with Crippen LogP contribution < -0.4 is 10.1 Å². The van der Waals surface area contributed by atoms with Crippen LogP contribution in [-0.2, 0) is 0 Å². The van der Waals surface area contributed by atoms with Crippen molar-refractivity contribution in [2.45, 2.75) is 19.8 Å². The summed E-state index contributed by atoms with van der Waals surface area (Å²) in [5, 5.41) is 7.60. The first-order valence-corrected chi connectivity index (χ1v) is 7.30. The Morgan fingerprint density at radius 2 is 2.09 bits per heavy atom. The molecule has 0 unspecified atom stereocenters. The van der Waals surface area contributed by atoms with Crippen LogP contribution in [0, 0.1) is 0 Å². The number of hydrogen-bond acceptors (Lipinski definition) is 5. The van der Waals surface area contributed by atoms with E-state index in [0.29, 0.717) is 22.7 Å². The van der Waals surface area contributed by atoms with Crippen molar-refractivity contribution in [2.24, 2.45) is 0 Å². The second-order valence-corrected chi connectivity index (χ2v) is 5.45. The molecule has 0 saturated carbocycles. The number of aromatic nitrogens is 2. The number of ether oxygens (including phenoxy) is 1. The number of pyridine rings is 1. The molecule has 1 aromatic carbocycles. The smallest absolute Gasteiger partial charge is 0.257 e. The van der Waals surface area contributed by atoms with Gasteiger partial charge in [-0.15, -0.1) is 0 Å². The predicted octanol–water partition coefficient (Wildman–Crippen LogP) is 3.61. The fraction of sp³-hybridized carbons (Fsp3) is 0.235. The van der Waals surface area contributed by atoms with E-state index in [1.165, 1.54) is 6.20 Å². The summed E-state index contributed by atoms with van der Waals surface area (Å²) in [5.41, 5.74) is 2.27. The maximum Gasteiger partial charge on any atom is 0.257 e. The lowest BCUT2D eigenvalue weighted by molar-refractivity contribution is 0.102. The molecular weight excluding hydrogens is 294 g/mol. The van der Waals surface area contributed by atoms with Crippen molar-refractivity contribution in [3.05, 3.63) is 47.8 Å². The number of nitrogens with one attached hydrogen (secondary N) is 1. The van der Waals surface area contributed by atoms with Gasteiger partial charge in [0.15, 0.2) is 0 Å². The number of para-hydroxylation sites is 2. The Hall–Kier alpha value is -2.89. The minimum atomic E-state index is -0.264. The number of anilines is 1. The average molecular weight is 311 g/mol. The first-order chi connectivity index (χ1) is 11.1. The summed E-state index contributed by atoms with van der Waals surface area (Å²) in [6, 6.07) is 8.99. The number of nitrogens with zero attached hydrogens (tertiary/aromatic N) is 2.